The molecular formula is C14H17NO4. The molecule has 102 valence electrons. The Balaban J connectivity index is 2.31. The molecule has 0 spiro atoms. The van der Waals surface area contributed by atoms with Gasteiger partial charge < -0.3 is 14.7 Å². The molecule has 1 aliphatic heterocycles. The molecule has 1 fully saturated rings. The summed E-state index contributed by atoms with van der Waals surface area (Å²) in [5.41, 5.74) is 2.37. The molecule has 5 heteroatoms. The van der Waals surface area contributed by atoms with Gasteiger partial charge in [0.25, 0.3) is 0 Å². The van der Waals surface area contributed by atoms with Crippen molar-refractivity contribution in [1.29, 1.82) is 0 Å². The second-order valence-electron chi connectivity index (χ2n) is 4.70. The number of rotatable bonds is 2. The molecule has 5 nitrogen and oxygen atoms in total. The Hall–Kier alpha value is -2.04. The van der Waals surface area contributed by atoms with Crippen LogP contribution in [-0.4, -0.2) is 35.7 Å². The Morgan fingerprint density at radius 1 is 1.42 bits per heavy atom. The average molecular weight is 263 g/mol. The van der Waals surface area contributed by atoms with E-state index >= 15 is 0 Å². The smallest absolute Gasteiger partial charge is 0.407 e. The number of amides is 1. The molecule has 1 aromatic carbocycles. The molecular weight excluding hydrogens is 246 g/mol. The Morgan fingerprint density at radius 3 is 2.74 bits per heavy atom. The van der Waals surface area contributed by atoms with Crippen LogP contribution >= 0.6 is 0 Å². The number of hydrogen-bond acceptors (Lipinski definition) is 3. The van der Waals surface area contributed by atoms with Crippen molar-refractivity contribution in [2.45, 2.75) is 25.8 Å². The zero-order valence-corrected chi connectivity index (χ0v) is 11.0. The number of hydrogen-bond donors (Lipinski definition) is 1. The fourth-order valence-electron chi connectivity index (χ4n) is 2.61. The Morgan fingerprint density at radius 2 is 2.16 bits per heavy atom. The number of carbonyl (C=O) groups is 2. The standard InChI is InChI=1S/C14H17NO4/c1-9-8-10(13(16)19-2)5-6-11(9)12-4-3-7-15(12)14(17)18/h5-6,8,12H,3-4,7H2,1-2H3,(H,17,18). The van der Waals surface area contributed by atoms with Crippen LogP contribution < -0.4 is 0 Å². The maximum absolute atomic E-state index is 11.4. The van der Waals surface area contributed by atoms with E-state index in [1.54, 1.807) is 12.1 Å². The van der Waals surface area contributed by atoms with E-state index in [1.165, 1.54) is 12.0 Å². The quantitative estimate of drug-likeness (QED) is 0.833. The Labute approximate surface area is 111 Å². The summed E-state index contributed by atoms with van der Waals surface area (Å²) in [6.07, 6.45) is 0.804. The largest absolute Gasteiger partial charge is 0.465 e. The number of aryl methyl sites for hydroxylation is 1. The zero-order valence-electron chi connectivity index (χ0n) is 11.0. The van der Waals surface area contributed by atoms with E-state index in [-0.39, 0.29) is 12.0 Å². The van der Waals surface area contributed by atoms with Gasteiger partial charge in [0.2, 0.25) is 0 Å². The number of carbonyl (C=O) groups excluding carboxylic acids is 1. The number of ether oxygens (including phenoxy) is 1. The third kappa shape index (κ3) is 2.54. The number of carboxylic acid groups (broad SMARTS) is 1. The minimum Gasteiger partial charge on any atom is -0.465 e. The lowest BCUT2D eigenvalue weighted by Crippen LogP contribution is -2.29. The van der Waals surface area contributed by atoms with Crippen molar-refractivity contribution in [3.63, 3.8) is 0 Å². The van der Waals surface area contributed by atoms with Gasteiger partial charge in [-0.1, -0.05) is 6.07 Å². The number of esters is 1. The SMILES string of the molecule is COC(=O)c1ccc(C2CCCN2C(=O)O)c(C)c1. The van der Waals surface area contributed by atoms with Crippen LogP contribution in [0.3, 0.4) is 0 Å². The van der Waals surface area contributed by atoms with Crippen molar-refractivity contribution in [2.75, 3.05) is 13.7 Å². The maximum atomic E-state index is 11.4. The van der Waals surface area contributed by atoms with E-state index in [0.29, 0.717) is 12.1 Å². The van der Waals surface area contributed by atoms with Gasteiger partial charge in [-0.3, -0.25) is 0 Å². The molecule has 1 heterocycles. The second kappa shape index (κ2) is 5.30. The third-order valence-corrected chi connectivity index (χ3v) is 3.55. The predicted octanol–water partition coefficient (Wildman–Crippen LogP) is 2.60. The first-order valence-electron chi connectivity index (χ1n) is 6.23. The summed E-state index contributed by atoms with van der Waals surface area (Å²) in [5.74, 6) is -0.379. The van der Waals surface area contributed by atoms with Crippen LogP contribution in [0.2, 0.25) is 0 Å². The van der Waals surface area contributed by atoms with Crippen LogP contribution in [0.4, 0.5) is 4.79 Å². The number of methoxy groups -OCH3 is 1. The van der Waals surface area contributed by atoms with Gasteiger partial charge in [-0.2, -0.15) is 0 Å². The summed E-state index contributed by atoms with van der Waals surface area (Å²) in [6, 6.07) is 5.16. The Bertz CT molecular complexity index is 512. The molecule has 1 N–H and O–H groups in total. The number of benzene rings is 1. The fraction of sp³-hybridized carbons (Fsp3) is 0.429. The van der Waals surface area contributed by atoms with E-state index in [9.17, 15) is 9.59 Å². The fourth-order valence-corrected chi connectivity index (χ4v) is 2.61. The summed E-state index contributed by atoms with van der Waals surface area (Å²) in [7, 11) is 1.34. The highest BCUT2D eigenvalue weighted by Gasteiger charge is 2.30. The van der Waals surface area contributed by atoms with Crippen LogP contribution in [0.15, 0.2) is 18.2 Å². The van der Waals surface area contributed by atoms with Gasteiger partial charge >= 0.3 is 12.1 Å². The van der Waals surface area contributed by atoms with Gasteiger partial charge in [0, 0.05) is 6.54 Å². The van der Waals surface area contributed by atoms with Crippen LogP contribution in [0.5, 0.6) is 0 Å². The predicted molar refractivity (Wildman–Crippen MR) is 69.2 cm³/mol. The van der Waals surface area contributed by atoms with Crippen LogP contribution in [-0.2, 0) is 4.74 Å². The van der Waals surface area contributed by atoms with E-state index in [0.717, 1.165) is 24.0 Å². The van der Waals surface area contributed by atoms with Crippen LogP contribution in [0, 0.1) is 6.92 Å². The maximum Gasteiger partial charge on any atom is 0.407 e. The monoisotopic (exact) mass is 263 g/mol. The summed E-state index contributed by atoms with van der Waals surface area (Å²) < 4.78 is 4.67. The molecule has 0 aromatic heterocycles. The van der Waals surface area contributed by atoms with Gasteiger partial charge in [-0.25, -0.2) is 9.59 Å². The van der Waals surface area contributed by atoms with Gasteiger partial charge in [-0.05, 0) is 43.0 Å². The zero-order chi connectivity index (χ0) is 14.0. The molecule has 19 heavy (non-hydrogen) atoms. The molecule has 1 unspecified atom stereocenters. The summed E-state index contributed by atoms with van der Waals surface area (Å²) in [5, 5.41) is 9.17. The summed E-state index contributed by atoms with van der Waals surface area (Å²) >= 11 is 0. The summed E-state index contributed by atoms with van der Waals surface area (Å²) in [4.78, 5) is 24.1. The van der Waals surface area contributed by atoms with Crippen molar-refractivity contribution in [3.05, 3.63) is 34.9 Å². The first kappa shape index (κ1) is 13.4. The third-order valence-electron chi connectivity index (χ3n) is 3.55. The average Bonchev–Trinajstić information content (AvgIpc) is 2.86. The van der Waals surface area contributed by atoms with Crippen LogP contribution in [0.1, 0.15) is 40.4 Å². The summed E-state index contributed by atoms with van der Waals surface area (Å²) in [6.45, 7) is 2.46. The van der Waals surface area contributed by atoms with Crippen molar-refractivity contribution >= 4 is 12.1 Å². The topological polar surface area (TPSA) is 66.8 Å². The number of nitrogens with zero attached hydrogens (tertiary/aromatic N) is 1. The van der Waals surface area contributed by atoms with E-state index in [1.807, 2.05) is 13.0 Å². The molecule has 0 radical (unpaired) electrons. The molecule has 1 amide bonds. The van der Waals surface area contributed by atoms with Gasteiger partial charge in [0.05, 0.1) is 18.7 Å². The van der Waals surface area contributed by atoms with E-state index < -0.39 is 6.09 Å². The van der Waals surface area contributed by atoms with Gasteiger partial charge in [-0.15, -0.1) is 0 Å². The highest BCUT2D eigenvalue weighted by Crippen LogP contribution is 2.33. The van der Waals surface area contributed by atoms with E-state index in [4.69, 9.17) is 5.11 Å². The molecule has 1 atom stereocenters. The lowest BCUT2D eigenvalue weighted by molar-refractivity contribution is 0.0600. The molecule has 0 aliphatic carbocycles. The van der Waals surface area contributed by atoms with Gasteiger partial charge in [0.1, 0.15) is 0 Å². The minimum absolute atomic E-state index is 0.107. The highest BCUT2D eigenvalue weighted by molar-refractivity contribution is 5.89. The molecule has 1 aromatic rings. The number of likely N-dealkylation sites (tertiary alicyclic amines) is 1. The van der Waals surface area contributed by atoms with Gasteiger partial charge in [0.15, 0.2) is 0 Å². The molecule has 0 bridgehead atoms. The first-order chi connectivity index (χ1) is 9.04. The molecule has 1 saturated heterocycles. The van der Waals surface area contributed by atoms with Crippen molar-refractivity contribution in [3.8, 4) is 0 Å². The molecule has 2 rings (SSSR count). The minimum atomic E-state index is -0.890. The highest BCUT2D eigenvalue weighted by atomic mass is 16.5. The Kier molecular flexibility index (Phi) is 3.74. The second-order valence-corrected chi connectivity index (χ2v) is 4.70. The normalized spacial score (nSPS) is 18.4. The van der Waals surface area contributed by atoms with Crippen molar-refractivity contribution in [1.82, 2.24) is 4.90 Å². The lowest BCUT2D eigenvalue weighted by Gasteiger charge is -2.23. The molecule has 0 saturated carbocycles. The molecule has 1 aliphatic rings. The lowest BCUT2D eigenvalue weighted by atomic mass is 9.97. The van der Waals surface area contributed by atoms with Crippen molar-refractivity contribution < 1.29 is 19.4 Å². The van der Waals surface area contributed by atoms with E-state index in [2.05, 4.69) is 4.74 Å². The van der Waals surface area contributed by atoms with Crippen LogP contribution in [0.25, 0.3) is 0 Å². The van der Waals surface area contributed by atoms with Crippen molar-refractivity contribution in [2.24, 2.45) is 0 Å². The first-order valence-corrected chi connectivity index (χ1v) is 6.23.